The van der Waals surface area contributed by atoms with Gasteiger partial charge in [-0.3, -0.25) is 13.9 Å². The van der Waals surface area contributed by atoms with E-state index < -0.39 is 11.2 Å². The third-order valence-corrected chi connectivity index (χ3v) is 5.20. The smallest absolute Gasteiger partial charge is 0.332 e. The van der Waals surface area contributed by atoms with Crippen molar-refractivity contribution in [1.82, 2.24) is 23.7 Å². The molecule has 28 heavy (non-hydrogen) atoms. The van der Waals surface area contributed by atoms with Crippen LogP contribution in [0.5, 0.6) is 5.75 Å². The lowest BCUT2D eigenvalue weighted by Gasteiger charge is -2.05. The highest BCUT2D eigenvalue weighted by molar-refractivity contribution is 7.09. The first-order chi connectivity index (χ1) is 13.4. The van der Waals surface area contributed by atoms with E-state index in [4.69, 9.17) is 4.74 Å². The molecule has 4 aromatic rings. The van der Waals surface area contributed by atoms with Crippen molar-refractivity contribution in [1.29, 1.82) is 0 Å². The fourth-order valence-electron chi connectivity index (χ4n) is 2.86. The number of aryl methyl sites for hydroxylation is 1. The number of imidazole rings is 1. The Hall–Kier alpha value is -3.27. The molecule has 0 saturated heterocycles. The first kappa shape index (κ1) is 18.1. The molecule has 1 aromatic carbocycles. The van der Waals surface area contributed by atoms with Gasteiger partial charge in [0.05, 0.1) is 18.6 Å². The number of hydrogen-bond acceptors (Lipinski definition) is 6. The Morgan fingerprint density at radius 3 is 2.64 bits per heavy atom. The first-order valence-corrected chi connectivity index (χ1v) is 9.24. The van der Waals surface area contributed by atoms with Gasteiger partial charge in [0.2, 0.25) is 0 Å². The molecule has 0 amide bonds. The third kappa shape index (κ3) is 3.22. The van der Waals surface area contributed by atoms with Gasteiger partial charge in [-0.15, -0.1) is 11.3 Å². The summed E-state index contributed by atoms with van der Waals surface area (Å²) in [5, 5.41) is 2.63. The molecule has 0 aliphatic carbocycles. The fourth-order valence-corrected chi connectivity index (χ4v) is 3.55. The molecule has 0 fully saturated rings. The van der Waals surface area contributed by atoms with Gasteiger partial charge >= 0.3 is 5.69 Å². The molecular formula is C18H16FN5O3S. The minimum Gasteiger partial charge on any atom is -0.486 e. The van der Waals surface area contributed by atoms with Crippen molar-refractivity contribution >= 4 is 22.5 Å². The minimum atomic E-state index is -0.420. The largest absolute Gasteiger partial charge is 0.486 e. The second kappa shape index (κ2) is 7.04. The zero-order chi connectivity index (χ0) is 19.8. The molecule has 3 heterocycles. The summed E-state index contributed by atoms with van der Waals surface area (Å²) in [5.74, 6) is 0.239. The molecule has 0 atom stereocenters. The summed E-state index contributed by atoms with van der Waals surface area (Å²) >= 11 is 1.43. The van der Waals surface area contributed by atoms with Crippen LogP contribution in [-0.2, 0) is 27.2 Å². The second-order valence-corrected chi connectivity index (χ2v) is 7.17. The van der Waals surface area contributed by atoms with Gasteiger partial charge in [0.15, 0.2) is 11.2 Å². The highest BCUT2D eigenvalue weighted by Crippen LogP contribution is 2.17. The lowest BCUT2D eigenvalue weighted by molar-refractivity contribution is 0.305. The molecule has 0 aliphatic heterocycles. The van der Waals surface area contributed by atoms with E-state index in [0.29, 0.717) is 23.5 Å². The van der Waals surface area contributed by atoms with Gasteiger partial charge in [0, 0.05) is 19.5 Å². The van der Waals surface area contributed by atoms with Gasteiger partial charge in [-0.25, -0.2) is 19.2 Å². The molecule has 0 aliphatic rings. The lowest BCUT2D eigenvalue weighted by Crippen LogP contribution is -2.37. The summed E-state index contributed by atoms with van der Waals surface area (Å²) in [4.78, 5) is 33.2. The Bertz CT molecular complexity index is 1270. The monoisotopic (exact) mass is 401 g/mol. The highest BCUT2D eigenvalue weighted by atomic mass is 32.1. The van der Waals surface area contributed by atoms with E-state index in [0.717, 1.165) is 15.3 Å². The Balaban J connectivity index is 1.55. The molecular weight excluding hydrogens is 385 g/mol. The van der Waals surface area contributed by atoms with E-state index in [1.165, 1.54) is 41.4 Å². The molecule has 144 valence electrons. The van der Waals surface area contributed by atoms with Crippen LogP contribution in [-0.4, -0.2) is 23.7 Å². The lowest BCUT2D eigenvalue weighted by atomic mass is 10.3. The van der Waals surface area contributed by atoms with Crippen LogP contribution in [0.25, 0.3) is 11.2 Å². The predicted octanol–water partition coefficient (Wildman–Crippen LogP) is 1.66. The number of fused-ring (bicyclic) bond motifs is 1. The Kier molecular flexibility index (Phi) is 4.55. The molecule has 10 heteroatoms. The number of nitrogens with zero attached hydrogens (tertiary/aromatic N) is 5. The van der Waals surface area contributed by atoms with Gasteiger partial charge in [-0.05, 0) is 24.3 Å². The number of benzene rings is 1. The summed E-state index contributed by atoms with van der Waals surface area (Å²) in [6.07, 6.45) is 1.53. The quantitative estimate of drug-likeness (QED) is 0.508. The molecule has 0 unspecified atom stereocenters. The first-order valence-electron chi connectivity index (χ1n) is 8.36. The zero-order valence-electron chi connectivity index (χ0n) is 15.1. The number of rotatable bonds is 5. The number of halogens is 1. The van der Waals surface area contributed by atoms with Crippen molar-refractivity contribution in [3.05, 3.63) is 73.3 Å². The number of ether oxygens (including phenoxy) is 1. The van der Waals surface area contributed by atoms with Crippen LogP contribution in [0, 0.1) is 5.82 Å². The third-order valence-electron chi connectivity index (χ3n) is 4.32. The number of aromatic nitrogens is 5. The van der Waals surface area contributed by atoms with Crippen LogP contribution >= 0.6 is 11.3 Å². The van der Waals surface area contributed by atoms with Gasteiger partial charge in [-0.1, -0.05) is 0 Å². The molecule has 0 N–H and O–H groups in total. The van der Waals surface area contributed by atoms with Crippen LogP contribution in [0.1, 0.15) is 10.7 Å². The van der Waals surface area contributed by atoms with Crippen molar-refractivity contribution in [3.63, 3.8) is 0 Å². The van der Waals surface area contributed by atoms with E-state index >= 15 is 0 Å². The van der Waals surface area contributed by atoms with Crippen molar-refractivity contribution in [3.8, 4) is 5.75 Å². The molecule has 8 nitrogen and oxygen atoms in total. The summed E-state index contributed by atoms with van der Waals surface area (Å²) in [6, 6.07) is 5.78. The molecule has 0 radical (unpaired) electrons. The minimum absolute atomic E-state index is 0.261. The molecule has 0 bridgehead atoms. The topological polar surface area (TPSA) is 83.9 Å². The second-order valence-electron chi connectivity index (χ2n) is 6.23. The van der Waals surface area contributed by atoms with Crippen LogP contribution in [0.2, 0.25) is 0 Å². The summed E-state index contributed by atoms with van der Waals surface area (Å²) in [7, 11) is 3.02. The van der Waals surface area contributed by atoms with Gasteiger partial charge in [-0.2, -0.15) is 0 Å². The van der Waals surface area contributed by atoms with Crippen LogP contribution < -0.4 is 16.0 Å². The average Bonchev–Trinajstić information content (AvgIpc) is 3.32. The van der Waals surface area contributed by atoms with Crippen molar-refractivity contribution in [2.75, 3.05) is 0 Å². The molecule has 0 spiro atoms. The van der Waals surface area contributed by atoms with Gasteiger partial charge < -0.3 is 9.30 Å². The SMILES string of the molecule is Cn1c(=O)c2c(ncn2Cc2csc(COc3ccc(F)cc3)n2)n(C)c1=O. The van der Waals surface area contributed by atoms with Crippen molar-refractivity contribution in [2.45, 2.75) is 13.2 Å². The van der Waals surface area contributed by atoms with E-state index in [-0.39, 0.29) is 12.4 Å². The van der Waals surface area contributed by atoms with Crippen molar-refractivity contribution < 1.29 is 9.13 Å². The number of thiazole rings is 1. The van der Waals surface area contributed by atoms with Crippen LogP contribution in [0.4, 0.5) is 4.39 Å². The Morgan fingerprint density at radius 2 is 1.89 bits per heavy atom. The van der Waals surface area contributed by atoms with Crippen molar-refractivity contribution in [2.24, 2.45) is 14.1 Å². The highest BCUT2D eigenvalue weighted by Gasteiger charge is 2.15. The van der Waals surface area contributed by atoms with E-state index in [9.17, 15) is 14.0 Å². The van der Waals surface area contributed by atoms with E-state index in [1.54, 1.807) is 23.7 Å². The molecule has 3 aromatic heterocycles. The van der Waals surface area contributed by atoms with Gasteiger partial charge in [0.25, 0.3) is 5.56 Å². The van der Waals surface area contributed by atoms with Crippen LogP contribution in [0.15, 0.2) is 45.6 Å². The summed E-state index contributed by atoms with van der Waals surface area (Å²) in [5.41, 5.74) is 0.616. The maximum atomic E-state index is 12.9. The summed E-state index contributed by atoms with van der Waals surface area (Å²) < 4.78 is 22.6. The zero-order valence-corrected chi connectivity index (χ0v) is 15.9. The standard InChI is InChI=1S/C18H16FN5O3S/c1-22-16-15(17(25)23(2)18(22)26)24(10-20-16)7-12-9-28-14(21-12)8-27-13-5-3-11(19)4-6-13/h3-6,9-10H,7-8H2,1-2H3. The van der Waals surface area contributed by atoms with Gasteiger partial charge in [0.1, 0.15) is 23.2 Å². The van der Waals surface area contributed by atoms with E-state index in [1.807, 2.05) is 5.38 Å². The Labute approximate surface area is 162 Å². The maximum Gasteiger partial charge on any atom is 0.332 e. The molecule has 0 saturated carbocycles. The molecule has 4 rings (SSSR count). The van der Waals surface area contributed by atoms with Crippen LogP contribution in [0.3, 0.4) is 0 Å². The average molecular weight is 401 g/mol. The Morgan fingerprint density at radius 1 is 1.14 bits per heavy atom. The fraction of sp³-hybridized carbons (Fsp3) is 0.222. The van der Waals surface area contributed by atoms with E-state index in [2.05, 4.69) is 9.97 Å². The summed E-state index contributed by atoms with van der Waals surface area (Å²) in [6.45, 7) is 0.605. The predicted molar refractivity (Wildman–Crippen MR) is 102 cm³/mol. The normalized spacial score (nSPS) is 11.2. The maximum absolute atomic E-state index is 12.9. The number of hydrogen-bond donors (Lipinski definition) is 0.